The van der Waals surface area contributed by atoms with E-state index in [-0.39, 0.29) is 67.8 Å². The summed E-state index contributed by atoms with van der Waals surface area (Å²) in [4.78, 5) is 19.4. The molecular formula is C3H13KO9P-. The molecule has 11 heteroatoms. The van der Waals surface area contributed by atoms with Crippen molar-refractivity contribution in [3.05, 3.63) is 0 Å². The third-order valence-corrected chi connectivity index (χ3v) is 1.10. The van der Waals surface area contributed by atoms with Gasteiger partial charge in [-0.25, -0.2) is 0 Å². The van der Waals surface area contributed by atoms with Gasteiger partial charge in [0.25, 0.3) is 0 Å². The average Bonchev–Trinajstić information content (AvgIpc) is 1.81. The number of hydrogen-bond donors (Lipinski definition) is 2. The Morgan fingerprint density at radius 1 is 1.29 bits per heavy atom. The number of rotatable bonds is 4. The molecule has 0 aromatic heterocycles. The Kier molecular flexibility index (Phi) is 30.7. The fourth-order valence-corrected chi connectivity index (χ4v) is 0.585. The Labute approximate surface area is 123 Å². The number of aliphatic hydroxyl groups is 2. The van der Waals surface area contributed by atoms with Crippen molar-refractivity contribution in [3.8, 4) is 0 Å². The summed E-state index contributed by atoms with van der Waals surface area (Å²) in [5.74, 6) is 0. The first kappa shape index (κ1) is 29.6. The van der Waals surface area contributed by atoms with Crippen LogP contribution in [0.1, 0.15) is 0 Å². The second-order valence-corrected chi connectivity index (χ2v) is 2.73. The predicted octanol–water partition coefficient (Wildman–Crippen LogP) is -8.29. The second-order valence-electron chi connectivity index (χ2n) is 1.58. The first-order valence-corrected chi connectivity index (χ1v) is 3.87. The topological polar surface area (TPSA) is 207 Å². The molecule has 0 fully saturated rings. The van der Waals surface area contributed by atoms with Gasteiger partial charge in [0.2, 0.25) is 0 Å². The normalized spacial score (nSPS) is 10.9. The molecule has 1 unspecified atom stereocenters. The Hall–Kier alpha value is 1.55. The van der Waals surface area contributed by atoms with Crippen LogP contribution in [0.25, 0.3) is 0 Å². The van der Waals surface area contributed by atoms with Crippen LogP contribution in [0.2, 0.25) is 0 Å². The van der Waals surface area contributed by atoms with Crippen LogP contribution in [0.4, 0.5) is 0 Å². The van der Waals surface area contributed by atoms with Crippen molar-refractivity contribution in [2.24, 2.45) is 0 Å². The van der Waals surface area contributed by atoms with E-state index in [9.17, 15) is 14.4 Å². The van der Waals surface area contributed by atoms with Crippen LogP contribution in [0, 0.1) is 0 Å². The van der Waals surface area contributed by atoms with E-state index in [0.717, 1.165) is 0 Å². The van der Waals surface area contributed by atoms with Crippen LogP contribution in [0.3, 0.4) is 0 Å². The van der Waals surface area contributed by atoms with Crippen LogP contribution in [-0.4, -0.2) is 46.0 Å². The molecule has 0 bridgehead atoms. The van der Waals surface area contributed by atoms with Gasteiger partial charge in [0.1, 0.15) is 6.10 Å². The van der Waals surface area contributed by atoms with Gasteiger partial charge < -0.3 is 45.5 Å². The van der Waals surface area contributed by atoms with Crippen LogP contribution < -0.4 is 61.2 Å². The van der Waals surface area contributed by atoms with E-state index in [1.807, 2.05) is 0 Å². The minimum absolute atomic E-state index is 0. The van der Waals surface area contributed by atoms with Gasteiger partial charge in [0, 0.05) is 0 Å². The molecule has 0 heterocycles. The van der Waals surface area contributed by atoms with Gasteiger partial charge in [0.05, 0.1) is 21.0 Å². The zero-order valence-electron chi connectivity index (χ0n) is 7.47. The van der Waals surface area contributed by atoms with Crippen molar-refractivity contribution in [2.45, 2.75) is 6.10 Å². The number of hydrogen-bond acceptors (Lipinski definition) is 6. The molecule has 0 spiro atoms. The van der Waals surface area contributed by atoms with Gasteiger partial charge in [0.15, 0.2) is 0 Å². The van der Waals surface area contributed by atoms with Gasteiger partial charge >= 0.3 is 51.4 Å². The van der Waals surface area contributed by atoms with E-state index in [1.165, 1.54) is 0 Å². The van der Waals surface area contributed by atoms with E-state index >= 15 is 0 Å². The maximum absolute atomic E-state index is 9.71. The summed E-state index contributed by atoms with van der Waals surface area (Å²) >= 11 is 0. The van der Waals surface area contributed by atoms with E-state index in [0.29, 0.717) is 0 Å². The SMILES string of the molecule is O.O.O.O=P([O-])([O-])OCC(O)CO.[K+]. The largest absolute Gasteiger partial charge is 1.00 e. The van der Waals surface area contributed by atoms with Crippen molar-refractivity contribution in [3.63, 3.8) is 0 Å². The molecule has 14 heavy (non-hydrogen) atoms. The van der Waals surface area contributed by atoms with Crippen molar-refractivity contribution in [1.82, 2.24) is 0 Å². The smallest absolute Gasteiger partial charge is 0.790 e. The van der Waals surface area contributed by atoms with Crippen LogP contribution in [-0.2, 0) is 9.09 Å². The molecule has 0 aliphatic rings. The van der Waals surface area contributed by atoms with Gasteiger partial charge in [-0.15, -0.1) is 0 Å². The molecule has 9 nitrogen and oxygen atoms in total. The molecule has 0 saturated heterocycles. The standard InChI is InChI=1S/C3H9O6P.K.3H2O/c4-1-3(5)2-9-10(6,7)8;;;;/h3-5H,1-2H2,(H2,6,7,8);;3*1H2/q;+1;;;/p-2. The van der Waals surface area contributed by atoms with Crippen LogP contribution >= 0.6 is 7.82 Å². The maximum Gasteiger partial charge on any atom is 1.00 e. The number of phosphoric ester groups is 1. The first-order chi connectivity index (χ1) is 4.45. The monoisotopic (exact) mass is 263 g/mol. The Bertz CT molecular complexity index is 136. The van der Waals surface area contributed by atoms with E-state index in [2.05, 4.69) is 4.52 Å². The summed E-state index contributed by atoms with van der Waals surface area (Å²) in [5.41, 5.74) is 0. The summed E-state index contributed by atoms with van der Waals surface area (Å²) in [7, 11) is -5.00. The summed E-state index contributed by atoms with van der Waals surface area (Å²) < 4.78 is 13.3. The molecule has 0 aliphatic carbocycles. The van der Waals surface area contributed by atoms with E-state index in [4.69, 9.17) is 10.2 Å². The van der Waals surface area contributed by atoms with Gasteiger partial charge in [-0.2, -0.15) is 0 Å². The van der Waals surface area contributed by atoms with Gasteiger partial charge in [-0.1, -0.05) is 0 Å². The zero-order valence-corrected chi connectivity index (χ0v) is 11.5. The second kappa shape index (κ2) is 14.5. The molecule has 0 radical (unpaired) electrons. The minimum atomic E-state index is -5.00. The fourth-order valence-electron chi connectivity index (χ4n) is 0.230. The van der Waals surface area contributed by atoms with E-state index in [1.54, 1.807) is 0 Å². The number of phosphoric acid groups is 1. The first-order valence-electron chi connectivity index (χ1n) is 2.41. The Morgan fingerprint density at radius 3 is 1.86 bits per heavy atom. The third-order valence-electron chi connectivity index (χ3n) is 0.636. The zero-order chi connectivity index (χ0) is 8.20. The fraction of sp³-hybridized carbons (Fsp3) is 1.00. The Morgan fingerprint density at radius 2 is 1.64 bits per heavy atom. The molecule has 8 N–H and O–H groups in total. The van der Waals surface area contributed by atoms with Gasteiger partial charge in [-0.3, -0.25) is 0 Å². The molecule has 86 valence electrons. The molecule has 1 atom stereocenters. The minimum Gasteiger partial charge on any atom is -0.790 e. The van der Waals surface area contributed by atoms with Crippen LogP contribution in [0.15, 0.2) is 0 Å². The summed E-state index contributed by atoms with van der Waals surface area (Å²) in [6.07, 6.45) is -1.32. The molecular weight excluding hydrogens is 250 g/mol. The number of aliphatic hydroxyl groups excluding tert-OH is 2. The van der Waals surface area contributed by atoms with Crippen LogP contribution in [0.5, 0.6) is 0 Å². The predicted molar refractivity (Wildman–Crippen MR) is 37.5 cm³/mol. The maximum atomic E-state index is 9.71. The molecule has 0 rings (SSSR count). The average molecular weight is 263 g/mol. The molecule has 0 aromatic rings. The summed E-state index contributed by atoms with van der Waals surface area (Å²) in [6.45, 7) is -1.33. The molecule has 0 amide bonds. The van der Waals surface area contributed by atoms with E-state index < -0.39 is 27.1 Å². The van der Waals surface area contributed by atoms with Crippen molar-refractivity contribution >= 4 is 7.82 Å². The quantitative estimate of drug-likeness (QED) is 0.371. The van der Waals surface area contributed by atoms with Crippen molar-refractivity contribution in [2.75, 3.05) is 13.2 Å². The molecule has 0 aliphatic heterocycles. The molecule has 0 aromatic carbocycles. The van der Waals surface area contributed by atoms with Gasteiger partial charge in [-0.05, 0) is 0 Å². The molecule has 0 saturated carbocycles. The van der Waals surface area contributed by atoms with Crippen molar-refractivity contribution < 1.29 is 96.9 Å². The third kappa shape index (κ3) is 23.4. The summed E-state index contributed by atoms with van der Waals surface area (Å²) in [5, 5.41) is 16.6. The Balaban J connectivity index is -0.0000000675. The van der Waals surface area contributed by atoms with Crippen molar-refractivity contribution in [1.29, 1.82) is 0 Å². The summed E-state index contributed by atoms with van der Waals surface area (Å²) in [6, 6.07) is 0.